The van der Waals surface area contributed by atoms with Crippen molar-refractivity contribution in [3.8, 4) is 11.5 Å². The van der Waals surface area contributed by atoms with Crippen molar-refractivity contribution in [2.75, 3.05) is 50.1 Å². The van der Waals surface area contributed by atoms with E-state index in [0.717, 1.165) is 54.5 Å². The maximum Gasteiger partial charge on any atom is 0.262 e. The van der Waals surface area contributed by atoms with E-state index >= 15 is 0 Å². The Kier molecular flexibility index (Phi) is 6.93. The second-order valence-electron chi connectivity index (χ2n) is 8.61. The number of nitrogens with one attached hydrogen (secondary N) is 1. The predicted molar refractivity (Wildman–Crippen MR) is 130 cm³/mol. The highest BCUT2D eigenvalue weighted by atomic mass is 16.5. The summed E-state index contributed by atoms with van der Waals surface area (Å²) in [5, 5.41) is 3.82. The van der Waals surface area contributed by atoms with Crippen molar-refractivity contribution in [2.24, 2.45) is 0 Å². The number of carbonyl (C=O) groups excluding carboxylic acids is 1. The number of aryl methyl sites for hydroxylation is 1. The molecule has 1 aromatic heterocycles. The molecule has 0 spiro atoms. The molecular formula is C25H31N5O3. The first kappa shape index (κ1) is 22.8. The summed E-state index contributed by atoms with van der Waals surface area (Å²) in [7, 11) is 2.13. The second kappa shape index (κ2) is 10.0. The number of carbonyl (C=O) groups is 1. The number of amides is 1. The van der Waals surface area contributed by atoms with Crippen molar-refractivity contribution in [1.82, 2.24) is 14.9 Å². The molecule has 1 saturated heterocycles. The monoisotopic (exact) mass is 449 g/mol. The van der Waals surface area contributed by atoms with Crippen LogP contribution in [0.5, 0.6) is 11.5 Å². The molecule has 0 saturated carbocycles. The molecular weight excluding hydrogens is 418 g/mol. The van der Waals surface area contributed by atoms with Gasteiger partial charge in [-0.15, -0.1) is 0 Å². The lowest BCUT2D eigenvalue weighted by atomic mass is 10.1. The highest BCUT2D eigenvalue weighted by molar-refractivity contribution is 5.95. The zero-order valence-electron chi connectivity index (χ0n) is 19.7. The quantitative estimate of drug-likeness (QED) is 0.591. The smallest absolute Gasteiger partial charge is 0.262 e. The van der Waals surface area contributed by atoms with Crippen LogP contribution in [0.4, 0.5) is 11.6 Å². The maximum atomic E-state index is 12.4. The van der Waals surface area contributed by atoms with Crippen LogP contribution in [0.25, 0.3) is 10.9 Å². The van der Waals surface area contributed by atoms with Gasteiger partial charge in [0.15, 0.2) is 6.61 Å². The molecule has 1 aliphatic rings. The third-order valence-electron chi connectivity index (χ3n) is 5.51. The molecule has 3 aromatic rings. The molecule has 1 amide bonds. The van der Waals surface area contributed by atoms with E-state index in [9.17, 15) is 4.79 Å². The van der Waals surface area contributed by atoms with E-state index in [1.165, 1.54) is 0 Å². The lowest BCUT2D eigenvalue weighted by molar-refractivity contribution is -0.118. The third kappa shape index (κ3) is 5.90. The van der Waals surface area contributed by atoms with Crippen molar-refractivity contribution >= 4 is 28.4 Å². The molecule has 0 unspecified atom stereocenters. The summed E-state index contributed by atoms with van der Waals surface area (Å²) in [4.78, 5) is 26.4. The SMILES string of the molecule is Cc1nc(N2CCN(C)CC2)nc2ccc(NC(=O)COc3ccc(OC(C)C)cc3)cc12. The first-order valence-corrected chi connectivity index (χ1v) is 11.3. The Morgan fingerprint density at radius 1 is 1.03 bits per heavy atom. The van der Waals surface area contributed by atoms with E-state index in [2.05, 4.69) is 22.2 Å². The Morgan fingerprint density at radius 2 is 1.73 bits per heavy atom. The van der Waals surface area contributed by atoms with Gasteiger partial charge in [0.1, 0.15) is 11.5 Å². The number of benzene rings is 2. The number of piperazine rings is 1. The summed E-state index contributed by atoms with van der Waals surface area (Å²) in [5.74, 6) is 1.92. The standard InChI is InChI=1S/C25H31N5O3/c1-17(2)33-21-8-6-20(7-9-21)32-16-24(31)27-19-5-10-23-22(15-19)18(3)26-25(28-23)30-13-11-29(4)12-14-30/h5-10,15,17H,11-14,16H2,1-4H3,(H,27,31). The largest absolute Gasteiger partial charge is 0.491 e. The van der Waals surface area contributed by atoms with E-state index in [0.29, 0.717) is 11.4 Å². The van der Waals surface area contributed by atoms with Crippen molar-refractivity contribution in [3.05, 3.63) is 48.2 Å². The zero-order valence-corrected chi connectivity index (χ0v) is 19.7. The number of anilines is 2. The zero-order chi connectivity index (χ0) is 23.4. The number of likely N-dealkylation sites (N-methyl/N-ethyl adjacent to an activating group) is 1. The molecule has 0 bridgehead atoms. The van der Waals surface area contributed by atoms with Crippen molar-refractivity contribution in [2.45, 2.75) is 26.9 Å². The van der Waals surface area contributed by atoms with Crippen LogP contribution in [0.3, 0.4) is 0 Å². The molecule has 0 radical (unpaired) electrons. The summed E-state index contributed by atoms with van der Waals surface area (Å²) >= 11 is 0. The molecule has 174 valence electrons. The summed E-state index contributed by atoms with van der Waals surface area (Å²) in [5.41, 5.74) is 2.45. The molecule has 0 atom stereocenters. The van der Waals surface area contributed by atoms with Crippen LogP contribution < -0.4 is 19.7 Å². The number of ether oxygens (including phenoxy) is 2. The fourth-order valence-corrected chi connectivity index (χ4v) is 3.72. The van der Waals surface area contributed by atoms with E-state index in [1.54, 1.807) is 12.1 Å². The molecule has 0 aliphatic carbocycles. The van der Waals surface area contributed by atoms with Gasteiger partial charge in [-0.1, -0.05) is 0 Å². The summed E-state index contributed by atoms with van der Waals surface area (Å²) < 4.78 is 11.2. The first-order valence-electron chi connectivity index (χ1n) is 11.3. The fourth-order valence-electron chi connectivity index (χ4n) is 3.72. The number of nitrogens with zero attached hydrogens (tertiary/aromatic N) is 4. The summed E-state index contributed by atoms with van der Waals surface area (Å²) in [6, 6.07) is 12.9. The van der Waals surface area contributed by atoms with E-state index < -0.39 is 0 Å². The van der Waals surface area contributed by atoms with Gasteiger partial charge in [-0.2, -0.15) is 0 Å². The van der Waals surface area contributed by atoms with Gasteiger partial charge in [-0.3, -0.25) is 4.79 Å². The van der Waals surface area contributed by atoms with Gasteiger partial charge in [0.05, 0.1) is 17.3 Å². The maximum absolute atomic E-state index is 12.4. The van der Waals surface area contributed by atoms with E-state index in [1.807, 2.05) is 51.1 Å². The average molecular weight is 450 g/mol. The van der Waals surface area contributed by atoms with Crippen LogP contribution >= 0.6 is 0 Å². The van der Waals surface area contributed by atoms with Crippen molar-refractivity contribution in [1.29, 1.82) is 0 Å². The minimum absolute atomic E-state index is 0.0831. The molecule has 8 heteroatoms. The van der Waals surface area contributed by atoms with Gasteiger partial charge < -0.3 is 24.6 Å². The van der Waals surface area contributed by atoms with Crippen LogP contribution in [-0.4, -0.2) is 66.7 Å². The third-order valence-corrected chi connectivity index (χ3v) is 5.51. The van der Waals surface area contributed by atoms with Crippen LogP contribution in [0.2, 0.25) is 0 Å². The molecule has 4 rings (SSSR count). The van der Waals surface area contributed by atoms with Crippen LogP contribution in [0.15, 0.2) is 42.5 Å². The minimum Gasteiger partial charge on any atom is -0.491 e. The Morgan fingerprint density at radius 3 is 2.42 bits per heavy atom. The minimum atomic E-state index is -0.232. The van der Waals surface area contributed by atoms with Crippen molar-refractivity contribution < 1.29 is 14.3 Å². The molecule has 2 aromatic carbocycles. The van der Waals surface area contributed by atoms with Crippen molar-refractivity contribution in [3.63, 3.8) is 0 Å². The summed E-state index contributed by atoms with van der Waals surface area (Å²) in [6.07, 6.45) is 0.108. The normalized spacial score (nSPS) is 14.5. The Labute approximate surface area is 194 Å². The molecule has 1 fully saturated rings. The number of rotatable bonds is 7. The topological polar surface area (TPSA) is 79.8 Å². The Bertz CT molecular complexity index is 1110. The number of hydrogen-bond donors (Lipinski definition) is 1. The van der Waals surface area contributed by atoms with Gasteiger partial charge in [0, 0.05) is 37.3 Å². The van der Waals surface area contributed by atoms with Gasteiger partial charge in [-0.05, 0) is 70.3 Å². The van der Waals surface area contributed by atoms with Gasteiger partial charge in [-0.25, -0.2) is 9.97 Å². The molecule has 1 N–H and O–H groups in total. The van der Waals surface area contributed by atoms with Gasteiger partial charge >= 0.3 is 0 Å². The van der Waals surface area contributed by atoms with Crippen LogP contribution in [0.1, 0.15) is 19.5 Å². The Hall–Kier alpha value is -3.39. The first-order chi connectivity index (χ1) is 15.9. The van der Waals surface area contributed by atoms with Gasteiger partial charge in [0.2, 0.25) is 5.95 Å². The highest BCUT2D eigenvalue weighted by Gasteiger charge is 2.18. The summed E-state index contributed by atoms with van der Waals surface area (Å²) in [6.45, 7) is 9.69. The van der Waals surface area contributed by atoms with E-state index in [-0.39, 0.29) is 18.6 Å². The number of aromatic nitrogens is 2. The molecule has 8 nitrogen and oxygen atoms in total. The number of fused-ring (bicyclic) bond motifs is 1. The Balaban J connectivity index is 1.37. The average Bonchev–Trinajstić information content (AvgIpc) is 2.79. The highest BCUT2D eigenvalue weighted by Crippen LogP contribution is 2.24. The molecule has 2 heterocycles. The lowest BCUT2D eigenvalue weighted by Gasteiger charge is -2.32. The van der Waals surface area contributed by atoms with Crippen LogP contribution in [-0.2, 0) is 4.79 Å². The lowest BCUT2D eigenvalue weighted by Crippen LogP contribution is -2.45. The van der Waals surface area contributed by atoms with E-state index in [4.69, 9.17) is 19.4 Å². The molecule has 1 aliphatic heterocycles. The van der Waals surface area contributed by atoms with Gasteiger partial charge in [0.25, 0.3) is 5.91 Å². The predicted octanol–water partition coefficient (Wildman–Crippen LogP) is 3.49. The second-order valence-corrected chi connectivity index (χ2v) is 8.61. The van der Waals surface area contributed by atoms with Crippen LogP contribution in [0, 0.1) is 6.92 Å². The molecule has 33 heavy (non-hydrogen) atoms. The fraction of sp³-hybridized carbons (Fsp3) is 0.400. The number of hydrogen-bond acceptors (Lipinski definition) is 7.